The highest BCUT2D eigenvalue weighted by atomic mass is 16.3. The number of anilines is 1. The molecule has 4 nitrogen and oxygen atoms in total. The van der Waals surface area contributed by atoms with E-state index in [1.165, 1.54) is 4.90 Å². The molecular formula is C40H31NO3. The zero-order chi connectivity index (χ0) is 30.4. The molecule has 0 unspecified atom stereocenters. The fourth-order valence-corrected chi connectivity index (χ4v) is 7.36. The van der Waals surface area contributed by atoms with Crippen molar-refractivity contribution < 1.29 is 14.7 Å². The van der Waals surface area contributed by atoms with Gasteiger partial charge in [0.25, 0.3) is 11.8 Å². The number of aromatic hydroxyl groups is 1. The first-order valence-electron chi connectivity index (χ1n) is 15.2. The average Bonchev–Trinajstić information content (AvgIpc) is 3.02. The Labute approximate surface area is 255 Å². The minimum absolute atomic E-state index is 0.143. The Bertz CT molecular complexity index is 2230. The maximum atomic E-state index is 14.4. The van der Waals surface area contributed by atoms with Crippen molar-refractivity contribution in [1.82, 2.24) is 0 Å². The first-order chi connectivity index (χ1) is 21.3. The molecule has 1 aliphatic rings. The number of benzene rings is 7. The standard InChI is InChI=1S/C40H31NO3/c1-21(2)25-7-5-8-26(22(3)4)38(25)41-39(43)33-19-17-31-29-10-6-9-28-27(23-11-13-24(42)14-12-23)15-16-30(35(28)29)32-18-20-34(40(41)44)37(33)36(31)32/h5-22,42H,1-4H3. The summed E-state index contributed by atoms with van der Waals surface area (Å²) in [5, 5.41) is 18.1. The van der Waals surface area contributed by atoms with Crippen molar-refractivity contribution in [1.29, 1.82) is 0 Å². The van der Waals surface area contributed by atoms with Gasteiger partial charge in [0.1, 0.15) is 5.75 Å². The Morgan fingerprint density at radius 1 is 0.500 bits per heavy atom. The third-order valence-corrected chi connectivity index (χ3v) is 9.39. The fraction of sp³-hybridized carbons (Fsp3) is 0.150. The van der Waals surface area contributed by atoms with Crippen molar-refractivity contribution in [3.05, 3.63) is 119 Å². The lowest BCUT2D eigenvalue weighted by Gasteiger charge is -2.32. The smallest absolute Gasteiger partial charge is 0.266 e. The topological polar surface area (TPSA) is 57.6 Å². The molecule has 7 aromatic rings. The number of imide groups is 1. The number of nitrogens with zero attached hydrogens (tertiary/aromatic N) is 1. The molecule has 44 heavy (non-hydrogen) atoms. The number of fused-ring (bicyclic) bond motifs is 2. The maximum absolute atomic E-state index is 14.4. The summed E-state index contributed by atoms with van der Waals surface area (Å²) in [4.78, 5) is 30.3. The van der Waals surface area contributed by atoms with Crippen LogP contribution in [0.3, 0.4) is 0 Å². The van der Waals surface area contributed by atoms with E-state index in [1.54, 1.807) is 12.1 Å². The normalized spacial score (nSPS) is 13.5. The molecule has 0 atom stereocenters. The first kappa shape index (κ1) is 26.4. The molecule has 0 saturated heterocycles. The Balaban J connectivity index is 1.42. The Kier molecular flexibility index (Phi) is 5.64. The van der Waals surface area contributed by atoms with Crippen LogP contribution in [-0.4, -0.2) is 16.9 Å². The van der Waals surface area contributed by atoms with Crippen LogP contribution in [0.25, 0.3) is 54.2 Å². The summed E-state index contributed by atoms with van der Waals surface area (Å²) in [6.45, 7) is 8.41. The molecule has 0 bridgehead atoms. The number of carbonyl (C=O) groups is 2. The fourth-order valence-electron chi connectivity index (χ4n) is 7.36. The van der Waals surface area contributed by atoms with Gasteiger partial charge in [-0.3, -0.25) is 9.59 Å². The lowest BCUT2D eigenvalue weighted by atomic mass is 9.83. The van der Waals surface area contributed by atoms with Gasteiger partial charge in [-0.05, 0) is 96.1 Å². The highest BCUT2D eigenvalue weighted by molar-refractivity contribution is 6.42. The Morgan fingerprint density at radius 3 is 1.55 bits per heavy atom. The van der Waals surface area contributed by atoms with Crippen LogP contribution in [-0.2, 0) is 0 Å². The quantitative estimate of drug-likeness (QED) is 0.129. The second-order valence-electron chi connectivity index (χ2n) is 12.5. The molecule has 0 saturated carbocycles. The highest BCUT2D eigenvalue weighted by Gasteiger charge is 2.38. The van der Waals surface area contributed by atoms with E-state index in [0.717, 1.165) is 71.0 Å². The van der Waals surface area contributed by atoms with Gasteiger partial charge in [-0.2, -0.15) is 0 Å². The number of para-hydroxylation sites is 1. The molecule has 2 amide bonds. The van der Waals surface area contributed by atoms with Crippen molar-refractivity contribution >= 4 is 60.6 Å². The van der Waals surface area contributed by atoms with Crippen LogP contribution < -0.4 is 4.90 Å². The van der Waals surface area contributed by atoms with E-state index in [2.05, 4.69) is 70.2 Å². The van der Waals surface area contributed by atoms with Gasteiger partial charge in [-0.15, -0.1) is 0 Å². The summed E-state index contributed by atoms with van der Waals surface area (Å²) in [6, 6.07) is 31.9. The zero-order valence-corrected chi connectivity index (χ0v) is 25.1. The van der Waals surface area contributed by atoms with Crippen LogP contribution in [0.1, 0.15) is 71.4 Å². The molecule has 8 rings (SSSR count). The van der Waals surface area contributed by atoms with Gasteiger partial charge in [-0.25, -0.2) is 4.90 Å². The zero-order valence-electron chi connectivity index (χ0n) is 25.1. The van der Waals surface area contributed by atoms with Gasteiger partial charge in [0.2, 0.25) is 0 Å². The third-order valence-electron chi connectivity index (χ3n) is 9.39. The summed E-state index contributed by atoms with van der Waals surface area (Å²) in [5.74, 6) is -0.0178. The Morgan fingerprint density at radius 2 is 0.977 bits per heavy atom. The average molecular weight is 574 g/mol. The van der Waals surface area contributed by atoms with E-state index in [9.17, 15) is 14.7 Å². The maximum Gasteiger partial charge on any atom is 0.266 e. The van der Waals surface area contributed by atoms with Crippen molar-refractivity contribution in [3.8, 4) is 16.9 Å². The van der Waals surface area contributed by atoms with Crippen molar-refractivity contribution in [2.75, 3.05) is 4.90 Å². The summed E-state index contributed by atoms with van der Waals surface area (Å²) < 4.78 is 0. The monoisotopic (exact) mass is 573 g/mol. The summed E-state index contributed by atoms with van der Waals surface area (Å²) in [6.07, 6.45) is 0. The minimum atomic E-state index is -0.270. The van der Waals surface area contributed by atoms with Gasteiger partial charge < -0.3 is 5.11 Å². The lowest BCUT2D eigenvalue weighted by Crippen LogP contribution is -2.41. The molecule has 214 valence electrons. The van der Waals surface area contributed by atoms with Crippen LogP contribution in [0.4, 0.5) is 5.69 Å². The molecule has 1 heterocycles. The summed E-state index contributed by atoms with van der Waals surface area (Å²) in [5.41, 5.74) is 5.96. The number of hydrogen-bond acceptors (Lipinski definition) is 3. The molecule has 0 aliphatic carbocycles. The molecule has 4 heteroatoms. The van der Waals surface area contributed by atoms with Crippen LogP contribution in [0.2, 0.25) is 0 Å². The van der Waals surface area contributed by atoms with E-state index in [4.69, 9.17) is 0 Å². The Hall–Kier alpha value is -5.22. The predicted molar refractivity (Wildman–Crippen MR) is 181 cm³/mol. The molecule has 0 aromatic heterocycles. The third kappa shape index (κ3) is 3.51. The van der Waals surface area contributed by atoms with Crippen molar-refractivity contribution in [2.45, 2.75) is 39.5 Å². The SMILES string of the molecule is CC(C)c1cccc(C(C)C)c1N1C(=O)c2ccc3c4cccc5c(-c6ccc(O)cc6)ccc(c6ccc(c2c36)C1=O)c54. The van der Waals surface area contributed by atoms with E-state index in [-0.39, 0.29) is 29.4 Å². The van der Waals surface area contributed by atoms with Crippen molar-refractivity contribution in [2.24, 2.45) is 0 Å². The number of carbonyl (C=O) groups excluding carboxylic acids is 2. The number of phenolic OH excluding ortho intramolecular Hbond substituents is 1. The van der Waals surface area contributed by atoms with E-state index < -0.39 is 0 Å². The van der Waals surface area contributed by atoms with Crippen LogP contribution in [0.5, 0.6) is 5.75 Å². The molecular weight excluding hydrogens is 542 g/mol. The minimum Gasteiger partial charge on any atom is -0.508 e. The van der Waals surface area contributed by atoms with Crippen molar-refractivity contribution in [3.63, 3.8) is 0 Å². The van der Waals surface area contributed by atoms with Crippen LogP contribution in [0.15, 0.2) is 97.1 Å². The largest absolute Gasteiger partial charge is 0.508 e. The molecule has 7 aromatic carbocycles. The predicted octanol–water partition coefficient (Wildman–Crippen LogP) is 10.2. The molecule has 0 fully saturated rings. The molecule has 0 spiro atoms. The molecule has 1 aliphatic heterocycles. The van der Waals surface area contributed by atoms with Gasteiger partial charge >= 0.3 is 0 Å². The number of hydrogen-bond donors (Lipinski definition) is 1. The number of amides is 2. The summed E-state index contributed by atoms with van der Waals surface area (Å²) >= 11 is 0. The van der Waals surface area contributed by atoms with Crippen LogP contribution in [0, 0.1) is 0 Å². The second-order valence-corrected chi connectivity index (χ2v) is 12.5. The van der Waals surface area contributed by atoms with Gasteiger partial charge in [0, 0.05) is 16.5 Å². The van der Waals surface area contributed by atoms with E-state index in [0.29, 0.717) is 11.1 Å². The van der Waals surface area contributed by atoms with E-state index >= 15 is 0 Å². The highest BCUT2D eigenvalue weighted by Crippen LogP contribution is 2.47. The lowest BCUT2D eigenvalue weighted by molar-refractivity contribution is 0.0893. The number of rotatable bonds is 4. The van der Waals surface area contributed by atoms with Gasteiger partial charge in [0.05, 0.1) is 5.69 Å². The van der Waals surface area contributed by atoms with Gasteiger partial charge in [0.15, 0.2) is 0 Å². The van der Waals surface area contributed by atoms with Gasteiger partial charge in [-0.1, -0.05) is 100 Å². The summed E-state index contributed by atoms with van der Waals surface area (Å²) in [7, 11) is 0. The first-order valence-corrected chi connectivity index (χ1v) is 15.2. The second kappa shape index (κ2) is 9.39. The molecule has 1 N–H and O–H groups in total. The molecule has 0 radical (unpaired) electrons. The van der Waals surface area contributed by atoms with E-state index in [1.807, 2.05) is 42.5 Å². The van der Waals surface area contributed by atoms with Crippen LogP contribution >= 0.6 is 0 Å². The number of phenols is 1.